The van der Waals surface area contributed by atoms with Gasteiger partial charge in [-0.2, -0.15) is 18.4 Å². The van der Waals surface area contributed by atoms with Crippen LogP contribution in [0.4, 0.5) is 28.0 Å². The van der Waals surface area contributed by atoms with Crippen LogP contribution >= 0.6 is 0 Å². The predicted molar refractivity (Wildman–Crippen MR) is 122 cm³/mol. The van der Waals surface area contributed by atoms with Crippen molar-refractivity contribution in [3.8, 4) is 6.07 Å². The number of carbonyl (C=O) groups is 2. The minimum absolute atomic E-state index is 0.0351. The Bertz CT molecular complexity index is 1230. The lowest BCUT2D eigenvalue weighted by atomic mass is 9.84. The van der Waals surface area contributed by atoms with Crippen molar-refractivity contribution in [2.24, 2.45) is 0 Å². The number of benzene rings is 1. The number of anilines is 1. The molecule has 3 amide bonds. The van der Waals surface area contributed by atoms with E-state index in [4.69, 9.17) is 9.47 Å². The van der Waals surface area contributed by atoms with E-state index in [1.165, 1.54) is 35.1 Å². The van der Waals surface area contributed by atoms with Gasteiger partial charge in [-0.25, -0.2) is 9.18 Å². The molecule has 1 saturated carbocycles. The summed E-state index contributed by atoms with van der Waals surface area (Å²) in [6.45, 7) is 0.763. The number of nitriles is 1. The highest BCUT2D eigenvalue weighted by Crippen LogP contribution is 2.46. The first-order chi connectivity index (χ1) is 17.6. The largest absolute Gasteiger partial charge is 0.417 e. The third-order valence-electron chi connectivity index (χ3n) is 7.41. The first-order valence-electron chi connectivity index (χ1n) is 11.9. The van der Waals surface area contributed by atoms with Crippen molar-refractivity contribution in [1.29, 1.82) is 5.26 Å². The Kier molecular flexibility index (Phi) is 6.24. The van der Waals surface area contributed by atoms with E-state index in [1.54, 1.807) is 6.07 Å². The highest BCUT2D eigenvalue weighted by molar-refractivity contribution is 5.98. The minimum Gasteiger partial charge on any atom is -0.355 e. The quantitative estimate of drug-likeness (QED) is 0.612. The molecule has 0 aromatic heterocycles. The highest BCUT2D eigenvalue weighted by atomic mass is 19.4. The molecule has 8 nitrogen and oxygen atoms in total. The molecule has 0 radical (unpaired) electrons. The number of halogens is 4. The van der Waals surface area contributed by atoms with Crippen molar-refractivity contribution < 1.29 is 36.6 Å². The summed E-state index contributed by atoms with van der Waals surface area (Å²) in [6, 6.07) is 2.75. The number of nitrogens with one attached hydrogen (secondary N) is 1. The molecule has 2 heterocycles. The molecule has 1 spiro atoms. The van der Waals surface area contributed by atoms with Crippen LogP contribution in [0.25, 0.3) is 0 Å². The normalized spacial score (nSPS) is 27.0. The molecule has 3 fully saturated rings. The summed E-state index contributed by atoms with van der Waals surface area (Å²) in [7, 11) is 1.37. The third-order valence-corrected chi connectivity index (χ3v) is 7.41. The number of alkyl halides is 3. The predicted octanol–water partition coefficient (Wildman–Crippen LogP) is 3.80. The van der Waals surface area contributed by atoms with Crippen LogP contribution in [0.15, 0.2) is 41.5 Å². The molecule has 5 rings (SSSR count). The van der Waals surface area contributed by atoms with Crippen LogP contribution < -0.4 is 10.2 Å². The van der Waals surface area contributed by atoms with Crippen LogP contribution in [-0.2, 0) is 9.47 Å². The summed E-state index contributed by atoms with van der Waals surface area (Å²) in [5, 5.41) is 11.5. The van der Waals surface area contributed by atoms with E-state index in [-0.39, 0.29) is 24.1 Å². The zero-order valence-electron chi connectivity index (χ0n) is 19.8. The maximum atomic E-state index is 14.9. The van der Waals surface area contributed by atoms with E-state index in [0.717, 1.165) is 12.1 Å². The zero-order valence-corrected chi connectivity index (χ0v) is 19.8. The van der Waals surface area contributed by atoms with Gasteiger partial charge >= 0.3 is 12.2 Å². The number of ether oxygens (including phenoxy) is 2. The van der Waals surface area contributed by atoms with E-state index in [2.05, 4.69) is 5.32 Å². The molecule has 3 atom stereocenters. The van der Waals surface area contributed by atoms with Crippen molar-refractivity contribution in [2.75, 3.05) is 25.2 Å². The molecule has 4 aliphatic rings. The lowest BCUT2D eigenvalue weighted by Crippen LogP contribution is -2.51. The summed E-state index contributed by atoms with van der Waals surface area (Å²) in [4.78, 5) is 28.5. The Morgan fingerprint density at radius 2 is 1.97 bits per heavy atom. The van der Waals surface area contributed by atoms with Crippen LogP contribution in [-0.4, -0.2) is 67.2 Å². The first-order valence-corrected chi connectivity index (χ1v) is 11.9. The van der Waals surface area contributed by atoms with E-state index in [1.807, 2.05) is 0 Å². The molecule has 1 N–H and O–H groups in total. The molecular formula is C25H24F4N4O4. The highest BCUT2D eigenvalue weighted by Gasteiger charge is 2.57. The van der Waals surface area contributed by atoms with Gasteiger partial charge in [0.25, 0.3) is 5.91 Å². The summed E-state index contributed by atoms with van der Waals surface area (Å²) in [5.41, 5.74) is -1.59. The average molecular weight is 520 g/mol. The van der Waals surface area contributed by atoms with Gasteiger partial charge < -0.3 is 19.7 Å². The average Bonchev–Trinajstić information content (AvgIpc) is 3.43. The fourth-order valence-corrected chi connectivity index (χ4v) is 5.78. The Balaban J connectivity index is 1.54. The Morgan fingerprint density at radius 3 is 2.59 bits per heavy atom. The monoisotopic (exact) mass is 520 g/mol. The number of amides is 3. The van der Waals surface area contributed by atoms with E-state index >= 15 is 0 Å². The standard InChI is InChI=1S/C25H24F4N4O4/c1-31-22(34)17-5-4-16(11-19(17)26)33-21-12-24(36-8-9-37-24)7-6-20(21)32(23(33)35)15-3-2-14(13-30)18(10-15)25(27,28)29/h2,4-5,10-11,15,20-21H,3,6-9,12H2,1H3,(H,31,34)/t15?,20-,21+/m1/s1. The van der Waals surface area contributed by atoms with Crippen molar-refractivity contribution in [2.45, 2.75) is 55.8 Å². The first kappa shape index (κ1) is 25.2. The Morgan fingerprint density at radius 1 is 1.24 bits per heavy atom. The number of fused-ring (bicyclic) bond motifs is 1. The minimum atomic E-state index is -4.76. The van der Waals surface area contributed by atoms with Gasteiger partial charge in [-0.1, -0.05) is 6.08 Å². The maximum Gasteiger partial charge on any atom is 0.417 e. The lowest BCUT2D eigenvalue weighted by Gasteiger charge is -2.42. The molecule has 2 aliphatic heterocycles. The second-order valence-electron chi connectivity index (χ2n) is 9.40. The molecule has 1 unspecified atom stereocenters. The van der Waals surface area contributed by atoms with Crippen molar-refractivity contribution in [1.82, 2.24) is 10.2 Å². The lowest BCUT2D eigenvalue weighted by molar-refractivity contribution is -0.184. The number of urea groups is 1. The Hall–Kier alpha value is -3.43. The molecular weight excluding hydrogens is 496 g/mol. The SMILES string of the molecule is CNC(=O)c1ccc(N2C(=O)N(C3C=C(C(F)(F)F)C(C#N)=CC3)[C@@H]3CCC4(C[C@@H]32)OCCO4)cc1F. The number of nitrogens with zero attached hydrogens (tertiary/aromatic N) is 3. The zero-order chi connectivity index (χ0) is 26.5. The molecule has 1 aromatic rings. The van der Waals surface area contributed by atoms with Gasteiger partial charge in [-0.05, 0) is 37.1 Å². The fourth-order valence-electron chi connectivity index (χ4n) is 5.78. The molecule has 1 aromatic carbocycles. The summed E-state index contributed by atoms with van der Waals surface area (Å²) >= 11 is 0. The van der Waals surface area contributed by atoms with E-state index in [9.17, 15) is 32.4 Å². The molecule has 37 heavy (non-hydrogen) atoms. The van der Waals surface area contributed by atoms with Crippen LogP contribution in [0, 0.1) is 17.1 Å². The van der Waals surface area contributed by atoms with Crippen molar-refractivity contribution in [3.63, 3.8) is 0 Å². The van der Waals surface area contributed by atoms with Crippen LogP contribution in [0.2, 0.25) is 0 Å². The van der Waals surface area contributed by atoms with E-state index < -0.39 is 59.0 Å². The number of allylic oxidation sites excluding steroid dienone is 2. The van der Waals surface area contributed by atoms with Gasteiger partial charge in [0, 0.05) is 25.6 Å². The van der Waals surface area contributed by atoms with Gasteiger partial charge in [-0.15, -0.1) is 0 Å². The van der Waals surface area contributed by atoms with Gasteiger partial charge in [0.15, 0.2) is 5.79 Å². The third kappa shape index (κ3) is 4.26. The molecule has 12 heteroatoms. The molecule has 2 saturated heterocycles. The molecule has 196 valence electrons. The van der Waals surface area contributed by atoms with Crippen LogP contribution in [0.1, 0.15) is 36.0 Å². The van der Waals surface area contributed by atoms with Crippen molar-refractivity contribution >= 4 is 17.6 Å². The topological polar surface area (TPSA) is 94.9 Å². The smallest absolute Gasteiger partial charge is 0.355 e. The summed E-state index contributed by atoms with van der Waals surface area (Å²) in [6.07, 6.45) is -1.51. The van der Waals surface area contributed by atoms with Gasteiger partial charge in [0.1, 0.15) is 5.82 Å². The summed E-state index contributed by atoms with van der Waals surface area (Å²) < 4.78 is 67.7. The number of hydrogen-bond acceptors (Lipinski definition) is 5. The number of rotatable bonds is 3. The van der Waals surface area contributed by atoms with Gasteiger partial charge in [0.05, 0.1) is 54.1 Å². The maximum absolute atomic E-state index is 14.9. The van der Waals surface area contributed by atoms with E-state index in [0.29, 0.717) is 26.1 Å². The van der Waals surface area contributed by atoms with Gasteiger partial charge in [0.2, 0.25) is 0 Å². The second-order valence-corrected chi connectivity index (χ2v) is 9.40. The van der Waals surface area contributed by atoms with Crippen LogP contribution in [0.3, 0.4) is 0 Å². The van der Waals surface area contributed by atoms with Gasteiger partial charge in [-0.3, -0.25) is 9.69 Å². The van der Waals surface area contributed by atoms with Crippen molar-refractivity contribution in [3.05, 3.63) is 52.9 Å². The Labute approximate surface area is 210 Å². The number of carbonyl (C=O) groups excluding carboxylic acids is 2. The summed E-state index contributed by atoms with van der Waals surface area (Å²) in [5.74, 6) is -2.39. The fraction of sp³-hybridized carbons (Fsp3) is 0.480. The molecule has 0 bridgehead atoms. The second kappa shape index (κ2) is 9.15. The molecule has 2 aliphatic carbocycles. The van der Waals surface area contributed by atoms with Crippen LogP contribution in [0.5, 0.6) is 0 Å². The number of hydrogen-bond donors (Lipinski definition) is 1.